The zero-order chi connectivity index (χ0) is 19.4. The maximum atomic E-state index is 13.2. The summed E-state index contributed by atoms with van der Waals surface area (Å²) in [6.45, 7) is 6.49. The minimum atomic E-state index is -0.472. The minimum absolute atomic E-state index is 0.406. The first-order chi connectivity index (χ1) is 13.0. The zero-order valence-electron chi connectivity index (χ0n) is 15.8. The molecule has 0 saturated heterocycles. The van der Waals surface area contributed by atoms with Gasteiger partial charge >= 0.3 is 0 Å². The van der Waals surface area contributed by atoms with Gasteiger partial charge in [-0.05, 0) is 25.0 Å². The van der Waals surface area contributed by atoms with Crippen molar-refractivity contribution in [1.29, 1.82) is 0 Å². The number of amides is 1. The van der Waals surface area contributed by atoms with Crippen LogP contribution in [0, 0.1) is 6.92 Å². The molecule has 0 aliphatic rings. The molecule has 3 aromatic rings. The van der Waals surface area contributed by atoms with Gasteiger partial charge in [0.05, 0.1) is 5.56 Å². The molecule has 0 radical (unpaired) electrons. The second kappa shape index (κ2) is 8.04. The van der Waals surface area contributed by atoms with Gasteiger partial charge in [0.25, 0.3) is 11.7 Å². The maximum Gasteiger partial charge on any atom is 0.295 e. The summed E-state index contributed by atoms with van der Waals surface area (Å²) >= 11 is 0. The Balaban J connectivity index is 1.95. The molecule has 4 nitrogen and oxygen atoms in total. The molecular weight excluding hydrogens is 336 g/mol. The lowest BCUT2D eigenvalue weighted by Crippen LogP contribution is -2.37. The molecule has 2 aromatic carbocycles. The Labute approximate surface area is 159 Å². The Morgan fingerprint density at radius 1 is 1.07 bits per heavy atom. The summed E-state index contributed by atoms with van der Waals surface area (Å²) in [4.78, 5) is 27.9. The smallest absolute Gasteiger partial charge is 0.295 e. The number of carbonyl (C=O) groups excluding carboxylic acids is 2. The van der Waals surface area contributed by atoms with E-state index >= 15 is 0 Å². The van der Waals surface area contributed by atoms with Gasteiger partial charge < -0.3 is 9.47 Å². The minimum Gasteiger partial charge on any atom is -0.347 e. The number of para-hydroxylation sites is 1. The van der Waals surface area contributed by atoms with Gasteiger partial charge in [-0.1, -0.05) is 54.6 Å². The van der Waals surface area contributed by atoms with Crippen molar-refractivity contribution in [2.45, 2.75) is 19.9 Å². The van der Waals surface area contributed by atoms with Crippen LogP contribution in [-0.4, -0.2) is 27.7 Å². The van der Waals surface area contributed by atoms with Gasteiger partial charge in [0.2, 0.25) is 0 Å². The van der Waals surface area contributed by atoms with Gasteiger partial charge in [-0.15, -0.1) is 6.58 Å². The predicted molar refractivity (Wildman–Crippen MR) is 109 cm³/mol. The van der Waals surface area contributed by atoms with Crippen LogP contribution in [0.5, 0.6) is 0 Å². The molecule has 4 heteroatoms. The fourth-order valence-corrected chi connectivity index (χ4v) is 3.36. The van der Waals surface area contributed by atoms with E-state index in [0.717, 1.165) is 22.2 Å². The van der Waals surface area contributed by atoms with Crippen molar-refractivity contribution in [2.75, 3.05) is 6.54 Å². The summed E-state index contributed by atoms with van der Waals surface area (Å²) in [7, 11) is 1.92. The Hall–Kier alpha value is -3.14. The molecule has 0 atom stereocenters. The maximum absolute atomic E-state index is 13.2. The zero-order valence-corrected chi connectivity index (χ0v) is 15.8. The van der Waals surface area contributed by atoms with E-state index in [1.807, 2.05) is 73.1 Å². The lowest BCUT2D eigenvalue weighted by molar-refractivity contribution is -0.127. The second-order valence-corrected chi connectivity index (χ2v) is 6.66. The summed E-state index contributed by atoms with van der Waals surface area (Å²) in [5, 5.41) is 0.819. The van der Waals surface area contributed by atoms with E-state index in [1.54, 1.807) is 11.0 Å². The van der Waals surface area contributed by atoms with Crippen LogP contribution in [0.3, 0.4) is 0 Å². The van der Waals surface area contributed by atoms with Gasteiger partial charge in [0.15, 0.2) is 0 Å². The lowest BCUT2D eigenvalue weighted by atomic mass is 10.1. The quantitative estimate of drug-likeness (QED) is 0.359. The number of Topliss-reactive ketones (excluding diaryl/α,β-unsaturated/α-hetero) is 1. The van der Waals surface area contributed by atoms with E-state index in [4.69, 9.17) is 0 Å². The first-order valence-electron chi connectivity index (χ1n) is 9.07. The molecule has 3 rings (SSSR count). The number of aromatic nitrogens is 1. The molecule has 138 valence electrons. The Bertz CT molecular complexity index is 986. The van der Waals surface area contributed by atoms with Crippen molar-refractivity contribution in [1.82, 2.24) is 9.47 Å². The van der Waals surface area contributed by atoms with Gasteiger partial charge in [0, 0.05) is 36.7 Å². The number of fused-ring (bicyclic) bond motifs is 1. The third-order valence-corrected chi connectivity index (χ3v) is 4.93. The molecule has 1 heterocycles. The molecule has 0 saturated carbocycles. The molecule has 0 aliphatic carbocycles. The summed E-state index contributed by atoms with van der Waals surface area (Å²) in [5.74, 6) is -0.926. The topological polar surface area (TPSA) is 42.3 Å². The highest BCUT2D eigenvalue weighted by molar-refractivity contribution is 6.45. The standard InChI is InChI=1S/C23H24N2O2/c1-4-5-15-25(16-18-11-7-6-8-12-18)23(27)22(26)21-17(2)24(3)20-14-10-9-13-19(20)21/h4,6-14H,1,5,15-16H2,2-3H3. The van der Waals surface area contributed by atoms with Crippen LogP contribution < -0.4 is 0 Å². The van der Waals surface area contributed by atoms with Gasteiger partial charge in [-0.25, -0.2) is 0 Å². The highest BCUT2D eigenvalue weighted by Gasteiger charge is 2.28. The Kier molecular flexibility index (Phi) is 5.55. The van der Waals surface area contributed by atoms with Gasteiger partial charge in [-0.2, -0.15) is 0 Å². The van der Waals surface area contributed by atoms with E-state index in [-0.39, 0.29) is 0 Å². The molecular formula is C23H24N2O2. The van der Waals surface area contributed by atoms with Crippen LogP contribution in [0.25, 0.3) is 10.9 Å². The fraction of sp³-hybridized carbons (Fsp3) is 0.217. The number of ketones is 1. The number of nitrogens with zero attached hydrogens (tertiary/aromatic N) is 2. The molecule has 0 unspecified atom stereocenters. The average molecular weight is 360 g/mol. The first kappa shape index (κ1) is 18.6. The number of carbonyl (C=O) groups is 2. The Morgan fingerprint density at radius 3 is 2.44 bits per heavy atom. The molecule has 0 fully saturated rings. The molecule has 0 aliphatic heterocycles. The van der Waals surface area contributed by atoms with E-state index in [0.29, 0.717) is 25.1 Å². The molecule has 0 spiro atoms. The van der Waals surface area contributed by atoms with Crippen molar-refractivity contribution in [3.8, 4) is 0 Å². The number of benzene rings is 2. The molecule has 1 aromatic heterocycles. The van der Waals surface area contributed by atoms with Crippen LogP contribution in [-0.2, 0) is 18.4 Å². The molecule has 0 N–H and O–H groups in total. The second-order valence-electron chi connectivity index (χ2n) is 6.66. The SMILES string of the molecule is C=CCCN(Cc1ccccc1)C(=O)C(=O)c1c(C)n(C)c2ccccc12. The normalized spacial score (nSPS) is 10.7. The van der Waals surface area contributed by atoms with Crippen LogP contribution in [0.4, 0.5) is 0 Å². The van der Waals surface area contributed by atoms with Crippen LogP contribution in [0.15, 0.2) is 67.3 Å². The predicted octanol–water partition coefficient (Wildman–Crippen LogP) is 4.27. The van der Waals surface area contributed by atoms with Crippen molar-refractivity contribution in [2.24, 2.45) is 7.05 Å². The van der Waals surface area contributed by atoms with Gasteiger partial charge in [0.1, 0.15) is 0 Å². The number of hydrogen-bond acceptors (Lipinski definition) is 2. The monoisotopic (exact) mass is 360 g/mol. The summed E-state index contributed by atoms with van der Waals surface area (Å²) < 4.78 is 1.96. The van der Waals surface area contributed by atoms with Crippen molar-refractivity contribution < 1.29 is 9.59 Å². The highest BCUT2D eigenvalue weighted by atomic mass is 16.2. The molecule has 27 heavy (non-hydrogen) atoms. The third kappa shape index (κ3) is 3.70. The first-order valence-corrected chi connectivity index (χ1v) is 9.07. The van der Waals surface area contributed by atoms with Gasteiger partial charge in [-0.3, -0.25) is 9.59 Å². The van der Waals surface area contributed by atoms with Crippen LogP contribution in [0.1, 0.15) is 28.0 Å². The Morgan fingerprint density at radius 2 is 1.74 bits per heavy atom. The largest absolute Gasteiger partial charge is 0.347 e. The highest BCUT2D eigenvalue weighted by Crippen LogP contribution is 2.26. The molecule has 1 amide bonds. The van der Waals surface area contributed by atoms with E-state index < -0.39 is 11.7 Å². The number of hydrogen-bond donors (Lipinski definition) is 0. The van der Waals surface area contributed by atoms with Crippen molar-refractivity contribution in [3.05, 3.63) is 84.1 Å². The third-order valence-electron chi connectivity index (χ3n) is 4.93. The fourth-order valence-electron chi connectivity index (χ4n) is 3.36. The summed E-state index contributed by atoms with van der Waals surface area (Å²) in [6, 6.07) is 17.4. The van der Waals surface area contributed by atoms with E-state index in [1.165, 1.54) is 0 Å². The summed E-state index contributed by atoms with van der Waals surface area (Å²) in [6.07, 6.45) is 2.40. The van der Waals surface area contributed by atoms with Crippen LogP contribution >= 0.6 is 0 Å². The summed E-state index contributed by atoms with van der Waals surface area (Å²) in [5.41, 5.74) is 3.25. The van der Waals surface area contributed by atoms with E-state index in [2.05, 4.69) is 6.58 Å². The number of rotatable bonds is 7. The average Bonchev–Trinajstić information content (AvgIpc) is 2.95. The van der Waals surface area contributed by atoms with E-state index in [9.17, 15) is 9.59 Å². The van der Waals surface area contributed by atoms with Crippen LogP contribution in [0.2, 0.25) is 0 Å². The van der Waals surface area contributed by atoms with Crippen molar-refractivity contribution >= 4 is 22.6 Å². The molecule has 0 bridgehead atoms. The van der Waals surface area contributed by atoms with Crippen molar-refractivity contribution in [3.63, 3.8) is 0 Å². The lowest BCUT2D eigenvalue weighted by Gasteiger charge is -2.21. The number of aryl methyl sites for hydroxylation is 1.